The molecule has 2 heterocycles. The molecule has 2 nitrogen and oxygen atoms in total. The van der Waals surface area contributed by atoms with Crippen molar-refractivity contribution >= 4 is 22.9 Å². The molecular formula is C12H11ClN2S. The van der Waals surface area contributed by atoms with Crippen molar-refractivity contribution in [1.82, 2.24) is 9.97 Å². The number of aryl methyl sites for hydroxylation is 1. The molecular weight excluding hydrogens is 240 g/mol. The van der Waals surface area contributed by atoms with Crippen molar-refractivity contribution in [1.29, 1.82) is 0 Å². The quantitative estimate of drug-likeness (QED) is 0.752. The maximum absolute atomic E-state index is 6.04. The lowest BCUT2D eigenvalue weighted by Crippen LogP contribution is -1.95. The van der Waals surface area contributed by atoms with Crippen LogP contribution in [0.2, 0.25) is 5.15 Å². The predicted octanol–water partition coefficient (Wildman–Crippen LogP) is 4.04. The second-order valence-corrected chi connectivity index (χ2v) is 5.61. The number of halogens is 1. The van der Waals surface area contributed by atoms with Crippen LogP contribution < -0.4 is 0 Å². The summed E-state index contributed by atoms with van der Waals surface area (Å²) in [5, 5.41) is 2.63. The Balaban J connectivity index is 2.10. The minimum Gasteiger partial charge on any atom is -0.232 e. The number of hydrogen-bond acceptors (Lipinski definition) is 3. The molecule has 0 aliphatic heterocycles. The van der Waals surface area contributed by atoms with E-state index in [4.69, 9.17) is 11.6 Å². The molecule has 0 bridgehead atoms. The van der Waals surface area contributed by atoms with Gasteiger partial charge in [0.15, 0.2) is 0 Å². The zero-order valence-electron chi connectivity index (χ0n) is 8.90. The third-order valence-corrected chi connectivity index (χ3v) is 3.83. The van der Waals surface area contributed by atoms with Crippen LogP contribution in [0.3, 0.4) is 0 Å². The molecule has 0 spiro atoms. The Hall–Kier alpha value is -0.930. The number of nitrogens with zero attached hydrogens (tertiary/aromatic N) is 2. The van der Waals surface area contributed by atoms with Gasteiger partial charge in [-0.15, -0.1) is 11.3 Å². The number of thiophene rings is 1. The first kappa shape index (κ1) is 10.2. The molecule has 3 rings (SSSR count). The summed E-state index contributed by atoms with van der Waals surface area (Å²) in [6.45, 7) is 2.10. The van der Waals surface area contributed by atoms with Crippen LogP contribution in [0.5, 0.6) is 0 Å². The van der Waals surface area contributed by atoms with Crippen LogP contribution in [0.15, 0.2) is 17.5 Å². The van der Waals surface area contributed by atoms with Crippen LogP contribution in [-0.4, -0.2) is 9.97 Å². The van der Waals surface area contributed by atoms with Gasteiger partial charge in [-0.2, -0.15) is 0 Å². The lowest BCUT2D eigenvalue weighted by Gasteiger charge is -2.03. The fraction of sp³-hybridized carbons (Fsp3) is 0.333. The Morgan fingerprint density at radius 3 is 2.81 bits per heavy atom. The molecule has 82 valence electrons. The zero-order chi connectivity index (χ0) is 11.1. The third kappa shape index (κ3) is 1.85. The van der Waals surface area contributed by atoms with Gasteiger partial charge in [-0.05, 0) is 31.2 Å². The van der Waals surface area contributed by atoms with Gasteiger partial charge in [0.25, 0.3) is 0 Å². The highest BCUT2D eigenvalue weighted by Gasteiger charge is 2.27. The minimum atomic E-state index is 0.538. The lowest BCUT2D eigenvalue weighted by atomic mass is 10.2. The second kappa shape index (κ2) is 3.82. The highest BCUT2D eigenvalue weighted by atomic mass is 35.5. The summed E-state index contributed by atoms with van der Waals surface area (Å²) in [5.74, 6) is 1.45. The fourth-order valence-corrected chi connectivity index (χ4v) is 2.65. The van der Waals surface area contributed by atoms with Crippen molar-refractivity contribution in [2.24, 2.45) is 0 Å². The molecule has 0 unspecified atom stereocenters. The largest absolute Gasteiger partial charge is 0.232 e. The summed E-state index contributed by atoms with van der Waals surface area (Å²) < 4.78 is 0. The SMILES string of the molecule is Cc1sccc1-c1cc(Cl)nc(C2CC2)n1. The van der Waals surface area contributed by atoms with Crippen LogP contribution in [0, 0.1) is 6.92 Å². The number of hydrogen-bond donors (Lipinski definition) is 0. The van der Waals surface area contributed by atoms with Crippen LogP contribution in [0.1, 0.15) is 29.5 Å². The first-order chi connectivity index (χ1) is 7.74. The van der Waals surface area contributed by atoms with Gasteiger partial charge in [0.1, 0.15) is 11.0 Å². The smallest absolute Gasteiger partial charge is 0.133 e. The van der Waals surface area contributed by atoms with E-state index >= 15 is 0 Å². The molecule has 1 fully saturated rings. The Bertz CT molecular complexity index is 532. The van der Waals surface area contributed by atoms with E-state index in [0.717, 1.165) is 11.5 Å². The van der Waals surface area contributed by atoms with Gasteiger partial charge in [0.05, 0.1) is 5.69 Å². The zero-order valence-corrected chi connectivity index (χ0v) is 10.5. The topological polar surface area (TPSA) is 25.8 Å². The van der Waals surface area contributed by atoms with Crippen molar-refractivity contribution in [3.63, 3.8) is 0 Å². The Morgan fingerprint density at radius 2 is 2.19 bits per heavy atom. The van der Waals surface area contributed by atoms with E-state index in [1.165, 1.54) is 23.3 Å². The van der Waals surface area contributed by atoms with E-state index in [2.05, 4.69) is 28.3 Å². The van der Waals surface area contributed by atoms with E-state index in [9.17, 15) is 0 Å². The van der Waals surface area contributed by atoms with E-state index in [1.807, 2.05) is 6.07 Å². The monoisotopic (exact) mass is 250 g/mol. The number of rotatable bonds is 2. The van der Waals surface area contributed by atoms with Crippen molar-refractivity contribution in [2.45, 2.75) is 25.7 Å². The van der Waals surface area contributed by atoms with Gasteiger partial charge in [-0.25, -0.2) is 9.97 Å². The molecule has 0 amide bonds. The standard InChI is InChI=1S/C12H11ClN2S/c1-7-9(4-5-16-7)10-6-11(13)15-12(14-10)8-2-3-8/h4-6,8H,2-3H2,1H3. The van der Waals surface area contributed by atoms with Crippen molar-refractivity contribution in [3.8, 4) is 11.3 Å². The molecule has 1 aliphatic rings. The Morgan fingerprint density at radius 1 is 1.38 bits per heavy atom. The molecule has 0 N–H and O–H groups in total. The molecule has 0 saturated heterocycles. The normalized spacial score (nSPS) is 15.4. The van der Waals surface area contributed by atoms with E-state index in [-0.39, 0.29) is 0 Å². The second-order valence-electron chi connectivity index (χ2n) is 4.10. The van der Waals surface area contributed by atoms with Gasteiger partial charge in [0, 0.05) is 22.4 Å². The van der Waals surface area contributed by atoms with Crippen LogP contribution in [0.25, 0.3) is 11.3 Å². The minimum absolute atomic E-state index is 0.538. The van der Waals surface area contributed by atoms with Gasteiger partial charge >= 0.3 is 0 Å². The lowest BCUT2D eigenvalue weighted by molar-refractivity contribution is 0.931. The van der Waals surface area contributed by atoms with Crippen LogP contribution in [0.4, 0.5) is 0 Å². The molecule has 1 aliphatic carbocycles. The van der Waals surface area contributed by atoms with E-state index in [0.29, 0.717) is 11.1 Å². The summed E-state index contributed by atoms with van der Waals surface area (Å²) >= 11 is 7.77. The summed E-state index contributed by atoms with van der Waals surface area (Å²) in [7, 11) is 0. The van der Waals surface area contributed by atoms with Crippen molar-refractivity contribution < 1.29 is 0 Å². The summed E-state index contributed by atoms with van der Waals surface area (Å²) in [6.07, 6.45) is 2.39. The molecule has 2 aromatic rings. The molecule has 0 radical (unpaired) electrons. The van der Waals surface area contributed by atoms with Gasteiger partial charge in [0.2, 0.25) is 0 Å². The van der Waals surface area contributed by atoms with Crippen molar-refractivity contribution in [2.75, 3.05) is 0 Å². The predicted molar refractivity (Wildman–Crippen MR) is 67.1 cm³/mol. The first-order valence-electron chi connectivity index (χ1n) is 5.33. The molecule has 4 heteroatoms. The van der Waals surface area contributed by atoms with E-state index in [1.54, 1.807) is 11.3 Å². The molecule has 0 aromatic carbocycles. The average molecular weight is 251 g/mol. The van der Waals surface area contributed by atoms with Crippen molar-refractivity contribution in [3.05, 3.63) is 33.4 Å². The third-order valence-electron chi connectivity index (χ3n) is 2.79. The fourth-order valence-electron chi connectivity index (χ4n) is 1.75. The summed E-state index contributed by atoms with van der Waals surface area (Å²) in [5.41, 5.74) is 2.14. The van der Waals surface area contributed by atoms with Crippen LogP contribution >= 0.6 is 22.9 Å². The van der Waals surface area contributed by atoms with Crippen LogP contribution in [-0.2, 0) is 0 Å². The highest BCUT2D eigenvalue weighted by molar-refractivity contribution is 7.10. The van der Waals surface area contributed by atoms with Gasteiger partial charge in [-0.1, -0.05) is 11.6 Å². The Kier molecular flexibility index (Phi) is 2.45. The summed E-state index contributed by atoms with van der Waals surface area (Å²) in [4.78, 5) is 10.2. The van der Waals surface area contributed by atoms with E-state index < -0.39 is 0 Å². The molecule has 1 saturated carbocycles. The molecule has 16 heavy (non-hydrogen) atoms. The average Bonchev–Trinajstić information content (AvgIpc) is 3.01. The van der Waals surface area contributed by atoms with Gasteiger partial charge < -0.3 is 0 Å². The maximum Gasteiger partial charge on any atom is 0.133 e. The molecule has 0 atom stereocenters. The maximum atomic E-state index is 6.04. The molecule has 2 aromatic heterocycles. The first-order valence-corrected chi connectivity index (χ1v) is 6.59. The Labute approximate surface area is 103 Å². The number of aromatic nitrogens is 2. The highest BCUT2D eigenvalue weighted by Crippen LogP contribution is 2.39. The summed E-state index contributed by atoms with van der Waals surface area (Å²) in [6, 6.07) is 3.94. The van der Waals surface area contributed by atoms with Gasteiger partial charge in [-0.3, -0.25) is 0 Å².